The molecule has 0 aliphatic carbocycles. The van der Waals surface area contributed by atoms with Gasteiger partial charge < -0.3 is 9.79 Å². The summed E-state index contributed by atoms with van der Waals surface area (Å²) in [6.45, 7) is 0. The van der Waals surface area contributed by atoms with Crippen LogP contribution in [0.2, 0.25) is 0 Å². The minimum Gasteiger partial charge on any atom is -0.337 e. The monoisotopic (exact) mass is 143 g/mol. The number of hydrogen-bond acceptors (Lipinski definition) is 4. The van der Waals surface area contributed by atoms with Crippen LogP contribution in [-0.2, 0) is 9.13 Å². The van der Waals surface area contributed by atoms with E-state index in [0.29, 0.717) is 0 Å². The van der Waals surface area contributed by atoms with Crippen molar-refractivity contribution in [3.63, 3.8) is 0 Å². The first-order valence-corrected chi connectivity index (χ1v) is 3.64. The maximum atomic E-state index is 9.43. The van der Waals surface area contributed by atoms with Crippen LogP contribution < -0.4 is 4.86 Å². The first-order valence-electron chi connectivity index (χ1n) is 1.21. The van der Waals surface area contributed by atoms with Gasteiger partial charge in [-0.05, 0) is 0 Å². The van der Waals surface area contributed by atoms with E-state index in [1.807, 2.05) is 0 Å². The van der Waals surface area contributed by atoms with E-state index < -0.39 is 16.4 Å². The van der Waals surface area contributed by atoms with Gasteiger partial charge in [0.05, 0.1) is 0 Å². The van der Waals surface area contributed by atoms with E-state index >= 15 is 0 Å². The van der Waals surface area contributed by atoms with Gasteiger partial charge in [0.15, 0.2) is 0 Å². The van der Waals surface area contributed by atoms with Crippen molar-refractivity contribution in [3.05, 3.63) is 0 Å². The SMILES string of the molecule is O=P(=O)NP(O)O. The Morgan fingerprint density at radius 2 is 1.71 bits per heavy atom. The zero-order valence-electron chi connectivity index (χ0n) is 3.11. The quantitative estimate of drug-likeness (QED) is 0.469. The average Bonchev–Trinajstić information content (AvgIpc) is 1.27. The highest BCUT2D eigenvalue weighted by Gasteiger charge is 1.97. The summed E-state index contributed by atoms with van der Waals surface area (Å²) in [6, 6.07) is 0. The van der Waals surface area contributed by atoms with Gasteiger partial charge >= 0.3 is 7.83 Å². The first kappa shape index (κ1) is 7.21. The minimum absolute atomic E-state index is 1.44. The zero-order chi connectivity index (χ0) is 5.86. The lowest BCUT2D eigenvalue weighted by molar-refractivity contribution is 0.470. The van der Waals surface area contributed by atoms with Crippen LogP contribution in [0.4, 0.5) is 0 Å². The summed E-state index contributed by atoms with van der Waals surface area (Å²) in [4.78, 5) is 17.1. The van der Waals surface area contributed by atoms with E-state index in [1.165, 1.54) is 4.86 Å². The van der Waals surface area contributed by atoms with Gasteiger partial charge in [-0.2, -0.15) is 0 Å². The highest BCUT2D eigenvalue weighted by molar-refractivity contribution is 7.53. The van der Waals surface area contributed by atoms with Gasteiger partial charge in [-0.15, -0.1) is 4.86 Å². The van der Waals surface area contributed by atoms with Gasteiger partial charge in [-0.25, -0.2) is 9.13 Å². The highest BCUT2D eigenvalue weighted by Crippen LogP contribution is 2.21. The van der Waals surface area contributed by atoms with Crippen molar-refractivity contribution >= 4 is 16.4 Å². The Labute approximate surface area is 41.2 Å². The Bertz CT molecular complexity index is 96.3. The fourth-order valence-electron chi connectivity index (χ4n) is 0.0730. The van der Waals surface area contributed by atoms with Crippen molar-refractivity contribution in [2.24, 2.45) is 0 Å². The molecule has 0 rings (SSSR count). The molecule has 0 aromatic carbocycles. The molecule has 0 radical (unpaired) electrons. The Hall–Kier alpha value is 0.210. The summed E-state index contributed by atoms with van der Waals surface area (Å²) in [5.41, 5.74) is 0. The standard InChI is InChI=1S/H3NO4P2/c2-6(3)1-7(4)5/h2-3H,(H,1,4,5). The van der Waals surface area contributed by atoms with Crippen molar-refractivity contribution in [1.29, 1.82) is 0 Å². The van der Waals surface area contributed by atoms with Crippen LogP contribution in [0.3, 0.4) is 0 Å². The summed E-state index contributed by atoms with van der Waals surface area (Å²) in [7, 11) is -5.35. The molecular formula is H3NO4P2. The van der Waals surface area contributed by atoms with E-state index in [0.717, 1.165) is 0 Å². The molecule has 0 unspecified atom stereocenters. The molecule has 7 heavy (non-hydrogen) atoms. The molecule has 7 heteroatoms. The molecule has 0 aliphatic heterocycles. The third kappa shape index (κ3) is 6.21. The van der Waals surface area contributed by atoms with Crippen molar-refractivity contribution in [3.8, 4) is 0 Å². The maximum absolute atomic E-state index is 9.43. The van der Waals surface area contributed by atoms with Gasteiger partial charge in [-0.1, -0.05) is 0 Å². The number of nitrogens with one attached hydrogen (secondary N) is 1. The van der Waals surface area contributed by atoms with Crippen LogP contribution in [0, 0.1) is 0 Å². The summed E-state index contributed by atoms with van der Waals surface area (Å²) in [6.07, 6.45) is 0. The van der Waals surface area contributed by atoms with E-state index in [2.05, 4.69) is 0 Å². The maximum Gasteiger partial charge on any atom is 0.403 e. The van der Waals surface area contributed by atoms with Crippen LogP contribution in [0.5, 0.6) is 0 Å². The third-order valence-electron chi connectivity index (χ3n) is 0.171. The largest absolute Gasteiger partial charge is 0.403 e. The Morgan fingerprint density at radius 1 is 1.29 bits per heavy atom. The smallest absolute Gasteiger partial charge is 0.337 e. The molecule has 3 N–H and O–H groups in total. The second-order valence-electron chi connectivity index (χ2n) is 0.647. The van der Waals surface area contributed by atoms with E-state index in [9.17, 15) is 9.13 Å². The molecule has 42 valence electrons. The predicted molar refractivity (Wildman–Crippen MR) is 22.8 cm³/mol. The van der Waals surface area contributed by atoms with Gasteiger partial charge in [0.25, 0.3) is 8.53 Å². The van der Waals surface area contributed by atoms with Crippen LogP contribution in [0.1, 0.15) is 0 Å². The molecule has 0 atom stereocenters. The predicted octanol–water partition coefficient (Wildman–Crippen LogP) is -0.125. The third-order valence-corrected chi connectivity index (χ3v) is 1.54. The summed E-state index contributed by atoms with van der Waals surface area (Å²) < 4.78 is 18.9. The molecule has 0 aromatic heterocycles. The Balaban J connectivity index is 3.32. The first-order chi connectivity index (χ1) is 3.13. The summed E-state index contributed by atoms with van der Waals surface area (Å²) in [5, 5.41) is 0. The normalized spacial score (nSPS) is 9.57. The van der Waals surface area contributed by atoms with Gasteiger partial charge in [0.1, 0.15) is 0 Å². The van der Waals surface area contributed by atoms with Crippen molar-refractivity contribution in [2.75, 3.05) is 0 Å². The Kier molecular flexibility index (Phi) is 3.34. The van der Waals surface area contributed by atoms with Crippen LogP contribution >= 0.6 is 16.4 Å². The lowest BCUT2D eigenvalue weighted by Crippen LogP contribution is -1.86. The molecule has 0 amide bonds. The van der Waals surface area contributed by atoms with Gasteiger partial charge in [0.2, 0.25) is 0 Å². The van der Waals surface area contributed by atoms with Crippen molar-refractivity contribution in [2.45, 2.75) is 0 Å². The van der Waals surface area contributed by atoms with E-state index in [-0.39, 0.29) is 0 Å². The topological polar surface area (TPSA) is 86.6 Å². The summed E-state index contributed by atoms with van der Waals surface area (Å²) in [5.74, 6) is 0. The fourth-order valence-corrected chi connectivity index (χ4v) is 0.657. The molecule has 0 aliphatic rings. The average molecular weight is 143 g/mol. The van der Waals surface area contributed by atoms with Gasteiger partial charge in [-0.3, -0.25) is 0 Å². The molecular weight excluding hydrogens is 140 g/mol. The molecule has 0 bridgehead atoms. The van der Waals surface area contributed by atoms with Crippen LogP contribution in [0.25, 0.3) is 0 Å². The Morgan fingerprint density at radius 3 is 1.71 bits per heavy atom. The zero-order valence-corrected chi connectivity index (χ0v) is 4.89. The molecule has 0 spiro atoms. The molecule has 0 fully saturated rings. The molecule has 0 aromatic rings. The lowest BCUT2D eigenvalue weighted by Gasteiger charge is -1.89. The van der Waals surface area contributed by atoms with E-state index in [1.54, 1.807) is 0 Å². The molecule has 0 heterocycles. The highest BCUT2D eigenvalue weighted by atomic mass is 31.2. The number of hydrogen-bond donors (Lipinski definition) is 3. The van der Waals surface area contributed by atoms with Crippen LogP contribution in [-0.4, -0.2) is 9.79 Å². The molecule has 0 saturated carbocycles. The van der Waals surface area contributed by atoms with Gasteiger partial charge in [0, 0.05) is 0 Å². The lowest BCUT2D eigenvalue weighted by atomic mass is 13.9. The van der Waals surface area contributed by atoms with Crippen LogP contribution in [0.15, 0.2) is 0 Å². The molecule has 5 nitrogen and oxygen atoms in total. The second-order valence-corrected chi connectivity index (χ2v) is 2.54. The second kappa shape index (κ2) is 3.24. The number of rotatable bonds is 2. The van der Waals surface area contributed by atoms with E-state index in [4.69, 9.17) is 9.79 Å². The fraction of sp³-hybridized carbons (Fsp3) is 0. The minimum atomic E-state index is -2.86. The molecule has 0 saturated heterocycles. The van der Waals surface area contributed by atoms with Crippen molar-refractivity contribution < 1.29 is 18.9 Å². The summed E-state index contributed by atoms with van der Waals surface area (Å²) >= 11 is 0. The van der Waals surface area contributed by atoms with Crippen molar-refractivity contribution in [1.82, 2.24) is 4.86 Å².